The summed E-state index contributed by atoms with van der Waals surface area (Å²) in [5.41, 5.74) is 0. The smallest absolute Gasteiger partial charge is 0.150 e. The molecule has 0 aliphatic carbocycles. The van der Waals surface area contributed by atoms with Crippen LogP contribution in [0.2, 0.25) is 0 Å². The third kappa shape index (κ3) is 8.88. The Morgan fingerprint density at radius 2 is 1.73 bits per heavy atom. The lowest BCUT2D eigenvalue weighted by Gasteiger charge is -2.09. The third-order valence-corrected chi connectivity index (χ3v) is 4.47. The summed E-state index contributed by atoms with van der Waals surface area (Å²) in [7, 11) is -0.882. The van der Waals surface area contributed by atoms with Crippen molar-refractivity contribution >= 4 is 9.84 Å². The van der Waals surface area contributed by atoms with Gasteiger partial charge in [-0.15, -0.1) is 0 Å². The lowest BCUT2D eigenvalue weighted by molar-refractivity contribution is 0.547. The van der Waals surface area contributed by atoms with Crippen LogP contribution in [0, 0.1) is 0 Å². The normalized spacial score (nSPS) is 14.1. The van der Waals surface area contributed by atoms with Gasteiger partial charge < -0.3 is 5.32 Å². The SMILES string of the molecule is CCCCCS(=O)(=O)CCCC(C)NC. The molecule has 0 saturated carbocycles. The van der Waals surface area contributed by atoms with Gasteiger partial charge in [0.05, 0.1) is 11.5 Å². The summed E-state index contributed by atoms with van der Waals surface area (Å²) >= 11 is 0. The average Bonchev–Trinajstić information content (AvgIpc) is 2.17. The van der Waals surface area contributed by atoms with Gasteiger partial charge in [-0.25, -0.2) is 8.42 Å². The predicted octanol–water partition coefficient (Wildman–Crippen LogP) is 1.98. The summed E-state index contributed by atoms with van der Waals surface area (Å²) < 4.78 is 23.1. The fourth-order valence-electron chi connectivity index (χ4n) is 1.43. The molecular formula is C11H25NO2S. The summed E-state index contributed by atoms with van der Waals surface area (Å²) in [6.07, 6.45) is 4.62. The van der Waals surface area contributed by atoms with Crippen LogP contribution in [0.15, 0.2) is 0 Å². The van der Waals surface area contributed by atoms with Crippen molar-refractivity contribution in [3.8, 4) is 0 Å². The molecule has 0 saturated heterocycles. The maximum Gasteiger partial charge on any atom is 0.150 e. The molecule has 0 aliphatic heterocycles. The molecule has 1 unspecified atom stereocenters. The van der Waals surface area contributed by atoms with Crippen molar-refractivity contribution in [2.45, 2.75) is 52.0 Å². The summed E-state index contributed by atoms with van der Waals surface area (Å²) in [5.74, 6) is 0.720. The second-order valence-corrected chi connectivity index (χ2v) is 6.49. The second-order valence-electron chi connectivity index (χ2n) is 4.19. The summed E-state index contributed by atoms with van der Waals surface area (Å²) in [6, 6.07) is 0.413. The minimum Gasteiger partial charge on any atom is -0.317 e. The van der Waals surface area contributed by atoms with Crippen molar-refractivity contribution in [3.63, 3.8) is 0 Å². The van der Waals surface area contributed by atoms with E-state index in [2.05, 4.69) is 19.2 Å². The van der Waals surface area contributed by atoms with E-state index in [0.717, 1.165) is 32.1 Å². The minimum atomic E-state index is -2.79. The van der Waals surface area contributed by atoms with E-state index >= 15 is 0 Å². The van der Waals surface area contributed by atoms with Crippen LogP contribution in [0.4, 0.5) is 0 Å². The molecule has 0 aromatic carbocycles. The van der Waals surface area contributed by atoms with E-state index in [1.807, 2.05) is 7.05 Å². The number of hydrogen-bond acceptors (Lipinski definition) is 3. The molecule has 0 aromatic heterocycles. The Morgan fingerprint density at radius 1 is 1.13 bits per heavy atom. The lowest BCUT2D eigenvalue weighted by Crippen LogP contribution is -2.22. The van der Waals surface area contributed by atoms with E-state index in [4.69, 9.17) is 0 Å². The van der Waals surface area contributed by atoms with E-state index in [0.29, 0.717) is 17.5 Å². The molecule has 3 nitrogen and oxygen atoms in total. The Balaban J connectivity index is 3.65. The first-order valence-corrected chi connectivity index (χ1v) is 7.71. The van der Waals surface area contributed by atoms with Gasteiger partial charge >= 0.3 is 0 Å². The molecule has 0 aliphatic rings. The zero-order chi connectivity index (χ0) is 11.7. The van der Waals surface area contributed by atoms with Crippen molar-refractivity contribution < 1.29 is 8.42 Å². The van der Waals surface area contributed by atoms with Crippen molar-refractivity contribution in [1.29, 1.82) is 0 Å². The molecule has 4 heteroatoms. The quantitative estimate of drug-likeness (QED) is 0.622. The van der Waals surface area contributed by atoms with E-state index in [9.17, 15) is 8.42 Å². The number of nitrogens with one attached hydrogen (secondary N) is 1. The standard InChI is InChI=1S/C11H25NO2S/c1-4-5-6-9-15(13,14)10-7-8-11(2)12-3/h11-12H,4-10H2,1-3H3. The maximum absolute atomic E-state index is 11.6. The van der Waals surface area contributed by atoms with Crippen molar-refractivity contribution in [2.24, 2.45) is 0 Å². The number of sulfone groups is 1. The van der Waals surface area contributed by atoms with Crippen LogP contribution in [-0.2, 0) is 9.84 Å². The van der Waals surface area contributed by atoms with Crippen LogP contribution in [0.25, 0.3) is 0 Å². The zero-order valence-corrected chi connectivity index (χ0v) is 11.1. The summed E-state index contributed by atoms with van der Waals surface area (Å²) in [5, 5.41) is 3.11. The van der Waals surface area contributed by atoms with E-state index in [1.54, 1.807) is 0 Å². The van der Waals surface area contributed by atoms with Crippen LogP contribution in [0.3, 0.4) is 0 Å². The molecule has 0 radical (unpaired) electrons. The fraction of sp³-hybridized carbons (Fsp3) is 1.00. The highest BCUT2D eigenvalue weighted by molar-refractivity contribution is 7.91. The van der Waals surface area contributed by atoms with E-state index in [1.165, 1.54) is 0 Å². The molecular weight excluding hydrogens is 210 g/mol. The van der Waals surface area contributed by atoms with Crippen LogP contribution < -0.4 is 5.32 Å². The number of rotatable bonds is 9. The second kappa shape index (κ2) is 8.11. The van der Waals surface area contributed by atoms with Gasteiger partial charge in [0, 0.05) is 6.04 Å². The van der Waals surface area contributed by atoms with Crippen molar-refractivity contribution in [2.75, 3.05) is 18.6 Å². The van der Waals surface area contributed by atoms with Gasteiger partial charge in [0.15, 0.2) is 0 Å². The van der Waals surface area contributed by atoms with Gasteiger partial charge in [0.25, 0.3) is 0 Å². The molecule has 92 valence electrons. The fourth-order valence-corrected chi connectivity index (χ4v) is 2.88. The van der Waals surface area contributed by atoms with Gasteiger partial charge in [0.1, 0.15) is 9.84 Å². The highest BCUT2D eigenvalue weighted by Gasteiger charge is 2.10. The molecule has 1 atom stereocenters. The summed E-state index contributed by atoms with van der Waals surface area (Å²) in [6.45, 7) is 4.16. The molecule has 1 N–H and O–H groups in total. The molecule has 0 rings (SSSR count). The van der Waals surface area contributed by atoms with Gasteiger partial charge in [0.2, 0.25) is 0 Å². The molecule has 0 amide bonds. The molecule has 15 heavy (non-hydrogen) atoms. The van der Waals surface area contributed by atoms with Gasteiger partial charge in [-0.05, 0) is 33.2 Å². The number of hydrogen-bond donors (Lipinski definition) is 1. The molecule has 0 spiro atoms. The summed E-state index contributed by atoms with van der Waals surface area (Å²) in [4.78, 5) is 0. The topological polar surface area (TPSA) is 46.2 Å². The first-order chi connectivity index (χ1) is 7.02. The Morgan fingerprint density at radius 3 is 2.27 bits per heavy atom. The van der Waals surface area contributed by atoms with E-state index in [-0.39, 0.29) is 0 Å². The first kappa shape index (κ1) is 14.9. The maximum atomic E-state index is 11.6. The van der Waals surface area contributed by atoms with E-state index < -0.39 is 9.84 Å². The predicted molar refractivity (Wildman–Crippen MR) is 65.9 cm³/mol. The van der Waals surface area contributed by atoms with Gasteiger partial charge in [-0.2, -0.15) is 0 Å². The Kier molecular flexibility index (Phi) is 8.06. The van der Waals surface area contributed by atoms with Crippen LogP contribution in [0.5, 0.6) is 0 Å². The minimum absolute atomic E-state index is 0.350. The van der Waals surface area contributed by atoms with Crippen LogP contribution in [0.1, 0.15) is 46.0 Å². The van der Waals surface area contributed by atoms with Crippen LogP contribution in [-0.4, -0.2) is 33.0 Å². The largest absolute Gasteiger partial charge is 0.317 e. The molecule has 0 bridgehead atoms. The first-order valence-electron chi connectivity index (χ1n) is 5.89. The number of unbranched alkanes of at least 4 members (excludes halogenated alkanes) is 2. The van der Waals surface area contributed by atoms with Crippen molar-refractivity contribution in [1.82, 2.24) is 5.32 Å². The third-order valence-electron chi connectivity index (χ3n) is 2.64. The highest BCUT2D eigenvalue weighted by atomic mass is 32.2. The van der Waals surface area contributed by atoms with Crippen molar-refractivity contribution in [3.05, 3.63) is 0 Å². The lowest BCUT2D eigenvalue weighted by atomic mass is 10.2. The Labute approximate surface area is 94.6 Å². The van der Waals surface area contributed by atoms with Gasteiger partial charge in [-0.3, -0.25) is 0 Å². The zero-order valence-electron chi connectivity index (χ0n) is 10.3. The molecule has 0 aromatic rings. The molecule has 0 fully saturated rings. The average molecular weight is 235 g/mol. The monoisotopic (exact) mass is 235 g/mol. The molecule has 0 heterocycles. The Hall–Kier alpha value is -0.0900. The van der Waals surface area contributed by atoms with Gasteiger partial charge in [-0.1, -0.05) is 19.8 Å². The Bertz CT molecular complexity index is 237. The van der Waals surface area contributed by atoms with Crippen LogP contribution >= 0.6 is 0 Å². The highest BCUT2D eigenvalue weighted by Crippen LogP contribution is 2.04.